The van der Waals surface area contributed by atoms with Gasteiger partial charge in [-0.1, -0.05) is 40.0 Å². The fraction of sp³-hybridized carbons (Fsp3) is 1.00. The van der Waals surface area contributed by atoms with Gasteiger partial charge in [0.2, 0.25) is 0 Å². The highest BCUT2D eigenvalue weighted by molar-refractivity contribution is 4.86. The minimum Gasteiger partial charge on any atom is -0.316 e. The zero-order chi connectivity index (χ0) is 10.4. The summed E-state index contributed by atoms with van der Waals surface area (Å²) in [6.45, 7) is 9.34. The summed E-state index contributed by atoms with van der Waals surface area (Å²) in [5.41, 5.74) is 0.670. The minimum absolute atomic E-state index is 0.670. The lowest BCUT2D eigenvalue weighted by Gasteiger charge is -2.29. The Hall–Kier alpha value is -0.0400. The molecule has 0 bridgehead atoms. The second-order valence-electron chi connectivity index (χ2n) is 5.48. The predicted molar refractivity (Wildman–Crippen MR) is 63.5 cm³/mol. The molecule has 0 aliphatic heterocycles. The average molecular weight is 197 g/mol. The van der Waals surface area contributed by atoms with Gasteiger partial charge in [-0.15, -0.1) is 0 Å². The predicted octanol–water partition coefficient (Wildman–Crippen LogP) is 3.59. The van der Waals surface area contributed by atoms with Gasteiger partial charge >= 0.3 is 0 Å². The molecule has 84 valence electrons. The average Bonchev–Trinajstić information content (AvgIpc) is 2.53. The zero-order valence-corrected chi connectivity index (χ0v) is 10.2. The minimum atomic E-state index is 0.670. The first-order valence-electron chi connectivity index (χ1n) is 6.39. The van der Waals surface area contributed by atoms with Gasteiger partial charge < -0.3 is 5.32 Å². The fourth-order valence-corrected chi connectivity index (χ4v) is 2.80. The molecule has 0 saturated heterocycles. The van der Waals surface area contributed by atoms with E-state index in [0.29, 0.717) is 5.41 Å². The van der Waals surface area contributed by atoms with Crippen molar-refractivity contribution in [2.75, 3.05) is 13.1 Å². The highest BCUT2D eigenvalue weighted by Crippen LogP contribution is 2.41. The van der Waals surface area contributed by atoms with Crippen molar-refractivity contribution in [3.05, 3.63) is 0 Å². The van der Waals surface area contributed by atoms with Gasteiger partial charge in [0.15, 0.2) is 0 Å². The van der Waals surface area contributed by atoms with Crippen molar-refractivity contribution in [1.82, 2.24) is 5.32 Å². The van der Waals surface area contributed by atoms with Crippen molar-refractivity contribution in [2.45, 2.75) is 59.3 Å². The Morgan fingerprint density at radius 3 is 2.36 bits per heavy atom. The fourth-order valence-electron chi connectivity index (χ4n) is 2.80. The van der Waals surface area contributed by atoms with Crippen LogP contribution in [0.1, 0.15) is 59.3 Å². The molecule has 0 aromatic heterocycles. The number of hydrogen-bond donors (Lipinski definition) is 1. The summed E-state index contributed by atoms with van der Waals surface area (Å²) in [5, 5.41) is 3.65. The van der Waals surface area contributed by atoms with Crippen LogP contribution >= 0.6 is 0 Å². The molecule has 0 aromatic rings. The van der Waals surface area contributed by atoms with E-state index >= 15 is 0 Å². The molecular formula is C13H27N. The van der Waals surface area contributed by atoms with Gasteiger partial charge in [0, 0.05) is 6.54 Å². The second kappa shape index (κ2) is 5.75. The lowest BCUT2D eigenvalue weighted by molar-refractivity contribution is 0.251. The summed E-state index contributed by atoms with van der Waals surface area (Å²) < 4.78 is 0. The monoisotopic (exact) mass is 197 g/mol. The molecule has 1 fully saturated rings. The summed E-state index contributed by atoms with van der Waals surface area (Å²) in [6, 6.07) is 0. The Balaban J connectivity index is 2.28. The quantitative estimate of drug-likeness (QED) is 0.686. The van der Waals surface area contributed by atoms with Crippen LogP contribution in [0.2, 0.25) is 0 Å². The van der Waals surface area contributed by atoms with Crippen LogP contribution in [0.4, 0.5) is 0 Å². The molecule has 1 saturated carbocycles. The van der Waals surface area contributed by atoms with E-state index in [-0.39, 0.29) is 0 Å². The largest absolute Gasteiger partial charge is 0.316 e. The molecule has 1 heteroatoms. The van der Waals surface area contributed by atoms with Gasteiger partial charge in [0.1, 0.15) is 0 Å². The SMILES string of the molecule is CCCC1(CNCC(C)C)CCCC1. The molecule has 1 nitrogen and oxygen atoms in total. The van der Waals surface area contributed by atoms with Crippen LogP contribution in [0.3, 0.4) is 0 Å². The van der Waals surface area contributed by atoms with Crippen LogP contribution in [0.15, 0.2) is 0 Å². The van der Waals surface area contributed by atoms with E-state index < -0.39 is 0 Å². The number of nitrogens with one attached hydrogen (secondary N) is 1. The Bertz CT molecular complexity index is 145. The molecule has 0 spiro atoms. The smallest absolute Gasteiger partial charge is 0.000792 e. The first-order valence-corrected chi connectivity index (χ1v) is 6.39. The van der Waals surface area contributed by atoms with Crippen molar-refractivity contribution < 1.29 is 0 Å². The maximum atomic E-state index is 3.65. The Labute approximate surface area is 89.7 Å². The van der Waals surface area contributed by atoms with E-state index in [4.69, 9.17) is 0 Å². The van der Waals surface area contributed by atoms with E-state index in [2.05, 4.69) is 26.1 Å². The number of hydrogen-bond acceptors (Lipinski definition) is 1. The molecule has 0 heterocycles. The molecular weight excluding hydrogens is 170 g/mol. The van der Waals surface area contributed by atoms with Crippen LogP contribution in [0.5, 0.6) is 0 Å². The Morgan fingerprint density at radius 1 is 1.21 bits per heavy atom. The van der Waals surface area contributed by atoms with Crippen molar-refractivity contribution in [3.8, 4) is 0 Å². The van der Waals surface area contributed by atoms with Crippen LogP contribution < -0.4 is 5.32 Å². The second-order valence-corrected chi connectivity index (χ2v) is 5.48. The molecule has 0 unspecified atom stereocenters. The van der Waals surface area contributed by atoms with E-state index in [1.54, 1.807) is 0 Å². The van der Waals surface area contributed by atoms with Gasteiger partial charge in [-0.05, 0) is 37.1 Å². The molecule has 0 atom stereocenters. The third-order valence-corrected chi connectivity index (χ3v) is 3.50. The summed E-state index contributed by atoms with van der Waals surface area (Å²) in [7, 11) is 0. The van der Waals surface area contributed by atoms with Crippen molar-refractivity contribution >= 4 is 0 Å². The molecule has 0 radical (unpaired) electrons. The van der Waals surface area contributed by atoms with Crippen LogP contribution in [0, 0.1) is 11.3 Å². The third kappa shape index (κ3) is 3.61. The summed E-state index contributed by atoms with van der Waals surface area (Å²) in [6.07, 6.45) is 8.63. The molecule has 1 N–H and O–H groups in total. The maximum Gasteiger partial charge on any atom is 0.000792 e. The van der Waals surface area contributed by atoms with Gasteiger partial charge in [0.05, 0.1) is 0 Å². The van der Waals surface area contributed by atoms with E-state index in [0.717, 1.165) is 5.92 Å². The van der Waals surface area contributed by atoms with E-state index in [1.807, 2.05) is 0 Å². The highest BCUT2D eigenvalue weighted by Gasteiger charge is 2.32. The molecule has 0 aromatic carbocycles. The van der Waals surface area contributed by atoms with E-state index in [9.17, 15) is 0 Å². The molecule has 1 aliphatic rings. The van der Waals surface area contributed by atoms with Gasteiger partial charge in [0.25, 0.3) is 0 Å². The lowest BCUT2D eigenvalue weighted by atomic mass is 9.81. The first-order chi connectivity index (χ1) is 6.68. The molecule has 1 aliphatic carbocycles. The van der Waals surface area contributed by atoms with Crippen LogP contribution in [0.25, 0.3) is 0 Å². The van der Waals surface area contributed by atoms with Crippen molar-refractivity contribution in [1.29, 1.82) is 0 Å². The Morgan fingerprint density at radius 2 is 1.86 bits per heavy atom. The van der Waals surface area contributed by atoms with Gasteiger partial charge in [-0.3, -0.25) is 0 Å². The third-order valence-electron chi connectivity index (χ3n) is 3.50. The van der Waals surface area contributed by atoms with E-state index in [1.165, 1.54) is 51.6 Å². The molecule has 1 rings (SSSR count). The molecule has 14 heavy (non-hydrogen) atoms. The highest BCUT2D eigenvalue weighted by atomic mass is 14.9. The first kappa shape index (κ1) is 12.0. The molecule has 0 amide bonds. The summed E-state index contributed by atoms with van der Waals surface area (Å²) in [5.74, 6) is 0.787. The number of rotatable bonds is 6. The zero-order valence-electron chi connectivity index (χ0n) is 10.2. The van der Waals surface area contributed by atoms with Gasteiger partial charge in [-0.25, -0.2) is 0 Å². The lowest BCUT2D eigenvalue weighted by Crippen LogP contribution is -2.34. The van der Waals surface area contributed by atoms with Crippen molar-refractivity contribution in [3.63, 3.8) is 0 Å². The van der Waals surface area contributed by atoms with Crippen molar-refractivity contribution in [2.24, 2.45) is 11.3 Å². The topological polar surface area (TPSA) is 12.0 Å². The standard InChI is InChI=1S/C13H27N/c1-4-7-13(8-5-6-9-13)11-14-10-12(2)3/h12,14H,4-11H2,1-3H3. The maximum absolute atomic E-state index is 3.65. The summed E-state index contributed by atoms with van der Waals surface area (Å²) in [4.78, 5) is 0. The normalized spacial score (nSPS) is 20.6. The van der Waals surface area contributed by atoms with Gasteiger partial charge in [-0.2, -0.15) is 0 Å². The summed E-state index contributed by atoms with van der Waals surface area (Å²) >= 11 is 0. The van der Waals surface area contributed by atoms with Crippen LogP contribution in [-0.4, -0.2) is 13.1 Å². The Kier molecular flexibility index (Phi) is 4.94. The van der Waals surface area contributed by atoms with Crippen LogP contribution in [-0.2, 0) is 0 Å².